The molecule has 0 saturated carbocycles. The zero-order chi connectivity index (χ0) is 28.8. The van der Waals surface area contributed by atoms with Gasteiger partial charge in [-0.15, -0.1) is 11.3 Å². The van der Waals surface area contributed by atoms with Crippen molar-refractivity contribution in [3.05, 3.63) is 16.1 Å². The molecule has 0 saturated heterocycles. The highest BCUT2D eigenvalue weighted by Gasteiger charge is 2.34. The quantitative estimate of drug-likeness (QED) is 0.186. The SMILES string of the molecule is CCO[C@H](C[C@H](C(C)C)N(C)C(=O)[C@@H](NC(=O)CCCCCN(C)O)[C@@H](C)CC)c1nc(C(=O)NC)cs1. The molecule has 218 valence electrons. The first-order valence-electron chi connectivity index (χ1n) is 13.7. The highest BCUT2D eigenvalue weighted by atomic mass is 32.1. The van der Waals surface area contributed by atoms with Gasteiger partial charge in [-0.3, -0.25) is 14.4 Å². The number of unbranched alkanes of at least 4 members (excludes halogenated alkanes) is 2. The van der Waals surface area contributed by atoms with Crippen molar-refractivity contribution < 1.29 is 24.3 Å². The van der Waals surface area contributed by atoms with E-state index in [0.29, 0.717) is 43.1 Å². The molecule has 0 radical (unpaired) electrons. The van der Waals surface area contributed by atoms with E-state index in [1.165, 1.54) is 11.3 Å². The molecule has 11 heteroatoms. The van der Waals surface area contributed by atoms with E-state index in [4.69, 9.17) is 4.74 Å². The summed E-state index contributed by atoms with van der Waals surface area (Å²) in [4.78, 5) is 44.7. The Hall–Kier alpha value is -2.08. The summed E-state index contributed by atoms with van der Waals surface area (Å²) in [5, 5.41) is 18.4. The van der Waals surface area contributed by atoms with Crippen LogP contribution < -0.4 is 10.6 Å². The van der Waals surface area contributed by atoms with E-state index in [-0.39, 0.29) is 41.7 Å². The highest BCUT2D eigenvalue weighted by molar-refractivity contribution is 7.09. The first kappa shape index (κ1) is 33.9. The van der Waals surface area contributed by atoms with Crippen LogP contribution in [0.15, 0.2) is 5.38 Å². The van der Waals surface area contributed by atoms with Gasteiger partial charge in [-0.1, -0.05) is 40.5 Å². The second-order valence-electron chi connectivity index (χ2n) is 10.2. The first-order chi connectivity index (χ1) is 18.0. The molecule has 10 nitrogen and oxygen atoms in total. The van der Waals surface area contributed by atoms with Crippen LogP contribution in [-0.2, 0) is 14.3 Å². The van der Waals surface area contributed by atoms with E-state index in [1.807, 2.05) is 20.8 Å². The van der Waals surface area contributed by atoms with Crippen molar-refractivity contribution in [1.29, 1.82) is 0 Å². The second kappa shape index (κ2) is 17.5. The minimum atomic E-state index is -0.618. The van der Waals surface area contributed by atoms with Gasteiger partial charge in [0.15, 0.2) is 0 Å². The van der Waals surface area contributed by atoms with Gasteiger partial charge in [0.2, 0.25) is 11.8 Å². The van der Waals surface area contributed by atoms with Gasteiger partial charge < -0.3 is 25.5 Å². The van der Waals surface area contributed by atoms with Crippen molar-refractivity contribution in [3.63, 3.8) is 0 Å². The lowest BCUT2D eigenvalue weighted by Crippen LogP contribution is -2.54. The Labute approximate surface area is 232 Å². The van der Waals surface area contributed by atoms with Gasteiger partial charge in [0.05, 0.1) is 0 Å². The molecule has 0 bridgehead atoms. The Morgan fingerprint density at radius 3 is 2.37 bits per heavy atom. The number of carbonyl (C=O) groups is 3. The van der Waals surface area contributed by atoms with E-state index < -0.39 is 6.04 Å². The predicted molar refractivity (Wildman–Crippen MR) is 150 cm³/mol. The van der Waals surface area contributed by atoms with Crippen LogP contribution in [0.3, 0.4) is 0 Å². The molecule has 0 spiro atoms. The van der Waals surface area contributed by atoms with E-state index in [0.717, 1.165) is 24.3 Å². The van der Waals surface area contributed by atoms with Gasteiger partial charge in [-0.2, -0.15) is 5.06 Å². The van der Waals surface area contributed by atoms with Crippen LogP contribution in [0.5, 0.6) is 0 Å². The van der Waals surface area contributed by atoms with E-state index >= 15 is 0 Å². The molecule has 0 aliphatic carbocycles. The average Bonchev–Trinajstić information content (AvgIpc) is 3.37. The molecule has 1 rings (SSSR count). The number of nitrogens with zero attached hydrogens (tertiary/aromatic N) is 3. The Kier molecular flexibility index (Phi) is 15.6. The largest absolute Gasteiger partial charge is 0.371 e. The second-order valence-corrected chi connectivity index (χ2v) is 11.1. The summed E-state index contributed by atoms with van der Waals surface area (Å²) < 4.78 is 6.03. The summed E-state index contributed by atoms with van der Waals surface area (Å²) in [6.45, 7) is 11.1. The zero-order valence-electron chi connectivity index (χ0n) is 24.5. The maximum absolute atomic E-state index is 13.8. The lowest BCUT2D eigenvalue weighted by atomic mass is 9.93. The number of hydrogen-bond acceptors (Lipinski definition) is 8. The van der Waals surface area contributed by atoms with Gasteiger partial charge in [0.25, 0.3) is 5.91 Å². The zero-order valence-corrected chi connectivity index (χ0v) is 25.3. The average molecular weight is 556 g/mol. The molecular weight excluding hydrogens is 506 g/mol. The Morgan fingerprint density at radius 1 is 1.13 bits per heavy atom. The van der Waals surface area contributed by atoms with Crippen LogP contribution in [0.1, 0.15) is 94.7 Å². The summed E-state index contributed by atoms with van der Waals surface area (Å²) in [5.74, 6) is -0.394. The molecule has 0 fully saturated rings. The van der Waals surface area contributed by atoms with Gasteiger partial charge >= 0.3 is 0 Å². The normalized spacial score (nSPS) is 14.7. The fourth-order valence-electron chi connectivity index (χ4n) is 4.32. The topological polar surface area (TPSA) is 124 Å². The number of aromatic nitrogens is 1. The number of hydrogen-bond donors (Lipinski definition) is 3. The number of nitrogens with one attached hydrogen (secondary N) is 2. The number of thiazole rings is 1. The molecule has 0 aromatic carbocycles. The molecule has 0 unspecified atom stereocenters. The maximum atomic E-state index is 13.8. The third kappa shape index (κ3) is 11.0. The maximum Gasteiger partial charge on any atom is 0.270 e. The van der Waals surface area contributed by atoms with Gasteiger partial charge in [0, 0.05) is 58.6 Å². The molecule has 1 aromatic heterocycles. The minimum Gasteiger partial charge on any atom is -0.371 e. The third-order valence-corrected chi connectivity index (χ3v) is 7.81. The van der Waals surface area contributed by atoms with Gasteiger partial charge in [0.1, 0.15) is 22.8 Å². The van der Waals surface area contributed by atoms with Crippen molar-refractivity contribution in [2.24, 2.45) is 11.8 Å². The van der Waals surface area contributed by atoms with Gasteiger partial charge in [-0.25, -0.2) is 4.98 Å². The molecule has 1 heterocycles. The summed E-state index contributed by atoms with van der Waals surface area (Å²) in [6.07, 6.45) is 3.59. The number of likely N-dealkylation sites (N-methyl/N-ethyl adjacent to an activating group) is 1. The third-order valence-electron chi connectivity index (χ3n) is 6.88. The Morgan fingerprint density at radius 2 is 1.82 bits per heavy atom. The predicted octanol–water partition coefficient (Wildman–Crippen LogP) is 3.87. The Balaban J connectivity index is 2.98. The monoisotopic (exact) mass is 555 g/mol. The van der Waals surface area contributed by atoms with Gasteiger partial charge in [-0.05, 0) is 31.6 Å². The van der Waals surface area contributed by atoms with Crippen LogP contribution in [0, 0.1) is 11.8 Å². The minimum absolute atomic E-state index is 0.0264. The molecule has 38 heavy (non-hydrogen) atoms. The molecule has 0 aliphatic heterocycles. The fraction of sp³-hybridized carbons (Fsp3) is 0.778. The number of carbonyl (C=O) groups excluding carboxylic acids is 3. The first-order valence-corrected chi connectivity index (χ1v) is 14.6. The molecule has 4 atom stereocenters. The van der Waals surface area contributed by atoms with Crippen molar-refractivity contribution in [2.75, 3.05) is 34.3 Å². The molecule has 3 amide bonds. The van der Waals surface area contributed by atoms with Crippen LogP contribution in [-0.4, -0.2) is 84.3 Å². The lowest BCUT2D eigenvalue weighted by molar-refractivity contribution is -0.140. The van der Waals surface area contributed by atoms with Crippen molar-refractivity contribution in [1.82, 2.24) is 25.6 Å². The summed E-state index contributed by atoms with van der Waals surface area (Å²) in [7, 11) is 4.96. The summed E-state index contributed by atoms with van der Waals surface area (Å²) >= 11 is 1.38. The lowest BCUT2D eigenvalue weighted by Gasteiger charge is -2.37. The van der Waals surface area contributed by atoms with E-state index in [2.05, 4.69) is 29.5 Å². The van der Waals surface area contributed by atoms with Crippen molar-refractivity contribution in [3.8, 4) is 0 Å². The number of ether oxygens (including phenoxy) is 1. The van der Waals surface area contributed by atoms with Crippen molar-refractivity contribution >= 4 is 29.1 Å². The van der Waals surface area contributed by atoms with Crippen LogP contribution >= 0.6 is 11.3 Å². The summed E-state index contributed by atoms with van der Waals surface area (Å²) in [5.41, 5.74) is 0.352. The molecule has 1 aromatic rings. The smallest absolute Gasteiger partial charge is 0.270 e. The highest BCUT2D eigenvalue weighted by Crippen LogP contribution is 2.30. The number of hydroxylamine groups is 2. The molecule has 3 N–H and O–H groups in total. The molecule has 0 aliphatic rings. The van der Waals surface area contributed by atoms with Crippen molar-refractivity contribution in [2.45, 2.75) is 91.3 Å². The van der Waals surface area contributed by atoms with Crippen LogP contribution in [0.25, 0.3) is 0 Å². The number of amides is 3. The molecular formula is C27H49N5O5S. The summed E-state index contributed by atoms with van der Waals surface area (Å²) in [6, 6.07) is -0.780. The van der Waals surface area contributed by atoms with Crippen LogP contribution in [0.2, 0.25) is 0 Å². The standard InChI is InChI=1S/C27H49N5O5S/c1-9-19(5)24(30-23(33)14-12-11-13-15-31(7)36)27(35)32(8)21(18(3)4)16-22(37-10-2)26-29-20(17-38-26)25(34)28-6/h17-19,21-22,24,36H,9-16H2,1-8H3,(H,28,34)(H,30,33)/t19-,21+,22+,24-/m0/s1. The van der Waals surface area contributed by atoms with E-state index in [1.54, 1.807) is 31.4 Å². The fourth-order valence-corrected chi connectivity index (χ4v) is 5.18. The van der Waals surface area contributed by atoms with E-state index in [9.17, 15) is 19.6 Å². The number of rotatable bonds is 18. The van der Waals surface area contributed by atoms with Crippen LogP contribution in [0.4, 0.5) is 0 Å². The Bertz CT molecular complexity index is 863.